The second-order valence-corrected chi connectivity index (χ2v) is 6.84. The molecule has 1 N–H and O–H groups in total. The normalized spacial score (nSPS) is 26.5. The minimum Gasteiger partial charge on any atom is -0.480 e. The summed E-state index contributed by atoms with van der Waals surface area (Å²) in [5, 5.41) is 9.01. The van der Waals surface area contributed by atoms with Gasteiger partial charge in [0.1, 0.15) is 5.82 Å². The maximum Gasteiger partial charge on any atom is 0.320 e. The number of hydrogen-bond acceptors (Lipinski definition) is 3. The summed E-state index contributed by atoms with van der Waals surface area (Å²) in [7, 11) is 3.41. The van der Waals surface area contributed by atoms with E-state index in [0.717, 1.165) is 5.56 Å². The number of aliphatic carboxylic acids is 1. The molecule has 0 aromatic heterocycles. The van der Waals surface area contributed by atoms with E-state index in [-0.39, 0.29) is 36.3 Å². The Hall–Kier alpha value is -2.15. The summed E-state index contributed by atoms with van der Waals surface area (Å²) < 4.78 is 13.7. The summed E-state index contributed by atoms with van der Waals surface area (Å²) in [6.45, 7) is 1.83. The summed E-state index contributed by atoms with van der Waals surface area (Å²) in [5.41, 5.74) is 0.773. The summed E-state index contributed by atoms with van der Waals surface area (Å²) in [5.74, 6) is -0.844. The van der Waals surface area contributed by atoms with Crippen molar-refractivity contribution in [3.8, 4) is 0 Å². The minimum absolute atomic E-state index is 0.00446. The predicted octanol–water partition coefficient (Wildman–Crippen LogP) is 1.50. The zero-order valence-electron chi connectivity index (χ0n) is 13.9. The van der Waals surface area contributed by atoms with Gasteiger partial charge < -0.3 is 14.9 Å². The lowest BCUT2D eigenvalue weighted by Gasteiger charge is -2.31. The average molecular weight is 335 g/mol. The summed E-state index contributed by atoms with van der Waals surface area (Å²) in [4.78, 5) is 28.8. The van der Waals surface area contributed by atoms with Crippen LogP contribution in [0, 0.1) is 17.7 Å². The van der Waals surface area contributed by atoms with Gasteiger partial charge in [0.15, 0.2) is 0 Å². The maximum atomic E-state index is 13.7. The smallest absolute Gasteiger partial charge is 0.320 e. The fourth-order valence-electron chi connectivity index (χ4n) is 4.03. The number of hydrogen-bond donors (Lipinski definition) is 1. The molecule has 0 spiro atoms. The van der Waals surface area contributed by atoms with Gasteiger partial charge in [0.25, 0.3) is 0 Å². The Balaban J connectivity index is 1.89. The molecule has 130 valence electrons. The molecular weight excluding hydrogens is 313 g/mol. The van der Waals surface area contributed by atoms with Crippen molar-refractivity contribution < 1.29 is 19.1 Å². The number of carbonyl (C=O) groups is 2. The van der Waals surface area contributed by atoms with E-state index in [0.29, 0.717) is 19.6 Å². The largest absolute Gasteiger partial charge is 0.480 e. The number of nitrogens with zero attached hydrogens (tertiary/aromatic N) is 3. The van der Waals surface area contributed by atoms with E-state index in [4.69, 9.17) is 5.11 Å². The topological polar surface area (TPSA) is 64.1 Å². The van der Waals surface area contributed by atoms with Crippen LogP contribution in [0.4, 0.5) is 9.18 Å². The number of likely N-dealkylation sites (tertiary alicyclic amines) is 2. The first-order valence-electron chi connectivity index (χ1n) is 8.04. The number of rotatable bonds is 3. The van der Waals surface area contributed by atoms with E-state index in [2.05, 4.69) is 0 Å². The number of carbonyl (C=O) groups excluding carboxylic acids is 1. The van der Waals surface area contributed by atoms with E-state index in [1.54, 1.807) is 25.1 Å². The SMILES string of the molecule is CN(C)C(=O)N1C[C@H]2CN(CC(=O)O)C[C@H]2[C@@H]1c1cccc(F)c1. The van der Waals surface area contributed by atoms with Crippen molar-refractivity contribution in [1.82, 2.24) is 14.7 Å². The van der Waals surface area contributed by atoms with Crippen LogP contribution in [0.2, 0.25) is 0 Å². The van der Waals surface area contributed by atoms with Crippen LogP contribution in [0.3, 0.4) is 0 Å². The molecule has 2 fully saturated rings. The highest BCUT2D eigenvalue weighted by atomic mass is 19.1. The third-order valence-electron chi connectivity index (χ3n) is 4.92. The van der Waals surface area contributed by atoms with Crippen LogP contribution in [-0.2, 0) is 4.79 Å². The molecule has 6 nitrogen and oxygen atoms in total. The van der Waals surface area contributed by atoms with Crippen molar-refractivity contribution in [2.45, 2.75) is 6.04 Å². The molecule has 0 saturated carbocycles. The van der Waals surface area contributed by atoms with Crippen LogP contribution in [0.15, 0.2) is 24.3 Å². The molecule has 7 heteroatoms. The van der Waals surface area contributed by atoms with E-state index in [1.807, 2.05) is 11.0 Å². The molecule has 2 aliphatic rings. The minimum atomic E-state index is -0.849. The third kappa shape index (κ3) is 3.08. The third-order valence-corrected chi connectivity index (χ3v) is 4.92. The lowest BCUT2D eigenvalue weighted by molar-refractivity contribution is -0.138. The van der Waals surface area contributed by atoms with Crippen LogP contribution in [-0.4, -0.2) is 72.1 Å². The van der Waals surface area contributed by atoms with Gasteiger partial charge in [-0.1, -0.05) is 12.1 Å². The summed E-state index contributed by atoms with van der Waals surface area (Å²) in [6, 6.07) is 6.04. The molecule has 2 saturated heterocycles. The zero-order chi connectivity index (χ0) is 17.4. The second-order valence-electron chi connectivity index (χ2n) is 6.84. The Morgan fingerprint density at radius 3 is 2.67 bits per heavy atom. The highest BCUT2D eigenvalue weighted by molar-refractivity contribution is 5.75. The van der Waals surface area contributed by atoms with Gasteiger partial charge in [0.05, 0.1) is 12.6 Å². The molecule has 2 heterocycles. The van der Waals surface area contributed by atoms with E-state index < -0.39 is 5.97 Å². The zero-order valence-corrected chi connectivity index (χ0v) is 13.9. The Kier molecular flexibility index (Phi) is 4.45. The second kappa shape index (κ2) is 6.39. The highest BCUT2D eigenvalue weighted by Crippen LogP contribution is 2.45. The number of fused-ring (bicyclic) bond motifs is 1. The van der Waals surface area contributed by atoms with Gasteiger partial charge >= 0.3 is 12.0 Å². The molecule has 3 rings (SSSR count). The standard InChI is InChI=1S/C17H22FN3O3/c1-19(2)17(24)21-8-12-7-20(10-15(22)23)9-14(12)16(21)11-4-3-5-13(18)6-11/h3-6,12,14,16H,7-10H2,1-2H3,(H,22,23)/t12-,14-,16+/m1/s1. The Labute approximate surface area is 140 Å². The van der Waals surface area contributed by atoms with Gasteiger partial charge in [-0.05, 0) is 23.6 Å². The molecular formula is C17H22FN3O3. The van der Waals surface area contributed by atoms with Gasteiger partial charge in [0.2, 0.25) is 0 Å². The van der Waals surface area contributed by atoms with Gasteiger partial charge in [-0.2, -0.15) is 0 Å². The number of halogens is 1. The van der Waals surface area contributed by atoms with E-state index in [1.165, 1.54) is 17.0 Å². The number of carboxylic acids is 1. The Morgan fingerprint density at radius 1 is 1.29 bits per heavy atom. The first-order valence-corrected chi connectivity index (χ1v) is 8.04. The van der Waals surface area contributed by atoms with Crippen LogP contribution in [0.25, 0.3) is 0 Å². The molecule has 2 amide bonds. The fraction of sp³-hybridized carbons (Fsp3) is 0.529. The number of urea groups is 1. The maximum absolute atomic E-state index is 13.7. The Morgan fingerprint density at radius 2 is 2.04 bits per heavy atom. The average Bonchev–Trinajstić information content (AvgIpc) is 3.02. The molecule has 1 aromatic carbocycles. The lowest BCUT2D eigenvalue weighted by Crippen LogP contribution is -2.41. The Bertz CT molecular complexity index is 652. The first kappa shape index (κ1) is 16.7. The van der Waals surface area contributed by atoms with E-state index in [9.17, 15) is 14.0 Å². The molecule has 0 unspecified atom stereocenters. The van der Waals surface area contributed by atoms with Crippen molar-refractivity contribution in [3.63, 3.8) is 0 Å². The number of benzene rings is 1. The van der Waals surface area contributed by atoms with Crippen LogP contribution in [0.1, 0.15) is 11.6 Å². The monoisotopic (exact) mass is 335 g/mol. The fourth-order valence-corrected chi connectivity index (χ4v) is 4.03. The molecule has 1 aromatic rings. The van der Waals surface area contributed by atoms with Gasteiger partial charge in [-0.15, -0.1) is 0 Å². The first-order chi connectivity index (χ1) is 11.4. The van der Waals surface area contributed by atoms with Crippen LogP contribution in [0.5, 0.6) is 0 Å². The van der Waals surface area contributed by atoms with Crippen LogP contribution < -0.4 is 0 Å². The van der Waals surface area contributed by atoms with Crippen molar-refractivity contribution in [3.05, 3.63) is 35.6 Å². The van der Waals surface area contributed by atoms with Crippen LogP contribution >= 0.6 is 0 Å². The number of carboxylic acid groups (broad SMARTS) is 1. The van der Waals surface area contributed by atoms with Gasteiger partial charge in [-0.25, -0.2) is 9.18 Å². The van der Waals surface area contributed by atoms with Crippen molar-refractivity contribution in [2.75, 3.05) is 40.3 Å². The number of amides is 2. The van der Waals surface area contributed by atoms with Crippen molar-refractivity contribution in [1.29, 1.82) is 0 Å². The molecule has 0 bridgehead atoms. The quantitative estimate of drug-likeness (QED) is 0.909. The summed E-state index contributed by atoms with van der Waals surface area (Å²) >= 11 is 0. The molecule has 2 aliphatic heterocycles. The van der Waals surface area contributed by atoms with E-state index >= 15 is 0 Å². The van der Waals surface area contributed by atoms with Crippen molar-refractivity contribution >= 4 is 12.0 Å². The van der Waals surface area contributed by atoms with Gasteiger partial charge in [-0.3, -0.25) is 9.69 Å². The molecule has 24 heavy (non-hydrogen) atoms. The molecule has 0 aliphatic carbocycles. The summed E-state index contributed by atoms with van der Waals surface area (Å²) in [6.07, 6.45) is 0. The molecule has 3 atom stereocenters. The lowest BCUT2D eigenvalue weighted by atomic mass is 9.89. The van der Waals surface area contributed by atoms with Gasteiger partial charge in [0, 0.05) is 39.6 Å². The highest BCUT2D eigenvalue weighted by Gasteiger charge is 2.49. The predicted molar refractivity (Wildman–Crippen MR) is 86.0 cm³/mol. The van der Waals surface area contributed by atoms with Crippen molar-refractivity contribution in [2.24, 2.45) is 11.8 Å². The molecule has 0 radical (unpaired) electrons.